The highest BCUT2D eigenvalue weighted by Crippen LogP contribution is 2.08. The third kappa shape index (κ3) is 4.39. The van der Waals surface area contributed by atoms with Crippen molar-refractivity contribution in [2.45, 2.75) is 13.3 Å². The van der Waals surface area contributed by atoms with Crippen LogP contribution < -0.4 is 0 Å². The Hall–Kier alpha value is -2.43. The molecule has 0 N–H and O–H groups in total. The van der Waals surface area contributed by atoms with Gasteiger partial charge in [0.25, 0.3) is 0 Å². The zero-order valence-corrected chi connectivity index (χ0v) is 10.7. The first-order valence-electron chi connectivity index (χ1n) is 5.69. The van der Waals surface area contributed by atoms with Crippen molar-refractivity contribution in [3.05, 3.63) is 47.5 Å². The molecule has 1 aromatic carbocycles. The molecular formula is C14H14O5. The number of rotatable bonds is 4. The first kappa shape index (κ1) is 14.6. The van der Waals surface area contributed by atoms with Crippen LogP contribution in [0.3, 0.4) is 0 Å². The molecule has 0 radical (unpaired) electrons. The van der Waals surface area contributed by atoms with E-state index in [0.29, 0.717) is 6.42 Å². The van der Waals surface area contributed by atoms with Gasteiger partial charge in [0.2, 0.25) is 0 Å². The van der Waals surface area contributed by atoms with Gasteiger partial charge in [-0.05, 0) is 24.6 Å². The summed E-state index contributed by atoms with van der Waals surface area (Å²) >= 11 is 0. The van der Waals surface area contributed by atoms with Crippen molar-refractivity contribution in [1.29, 1.82) is 0 Å². The van der Waals surface area contributed by atoms with Gasteiger partial charge in [-0.1, -0.05) is 19.1 Å². The maximum atomic E-state index is 11.7. The Labute approximate surface area is 110 Å². The Bertz CT molecular complexity index is 516. The predicted molar refractivity (Wildman–Crippen MR) is 67.6 cm³/mol. The van der Waals surface area contributed by atoms with Crippen molar-refractivity contribution in [3.8, 4) is 0 Å². The van der Waals surface area contributed by atoms with Crippen LogP contribution in [0.5, 0.6) is 0 Å². The lowest BCUT2D eigenvalue weighted by Crippen LogP contribution is -2.11. The van der Waals surface area contributed by atoms with Gasteiger partial charge in [-0.2, -0.15) is 0 Å². The quantitative estimate of drug-likeness (QED) is 0.472. The third-order valence-electron chi connectivity index (χ3n) is 2.20. The van der Waals surface area contributed by atoms with Gasteiger partial charge < -0.3 is 9.47 Å². The number of hydrogen-bond acceptors (Lipinski definition) is 5. The van der Waals surface area contributed by atoms with Crippen molar-refractivity contribution in [2.75, 3.05) is 7.11 Å². The fourth-order valence-corrected chi connectivity index (χ4v) is 1.29. The van der Waals surface area contributed by atoms with Gasteiger partial charge in [0.05, 0.1) is 18.2 Å². The minimum absolute atomic E-state index is 0.112. The maximum absolute atomic E-state index is 11.7. The summed E-state index contributed by atoms with van der Waals surface area (Å²) in [7, 11) is 1.24. The van der Waals surface area contributed by atoms with E-state index >= 15 is 0 Å². The van der Waals surface area contributed by atoms with Gasteiger partial charge >= 0.3 is 17.9 Å². The molecule has 0 heterocycles. The highest BCUT2D eigenvalue weighted by Gasteiger charge is 2.13. The monoisotopic (exact) mass is 262 g/mol. The molecule has 0 aliphatic carbocycles. The van der Waals surface area contributed by atoms with Crippen LogP contribution in [0.1, 0.15) is 34.1 Å². The van der Waals surface area contributed by atoms with Crippen molar-refractivity contribution in [1.82, 2.24) is 0 Å². The normalized spacial score (nSPS) is 10.2. The van der Waals surface area contributed by atoms with E-state index in [1.54, 1.807) is 6.08 Å². The number of carbonyl (C=O) groups is 3. The van der Waals surface area contributed by atoms with Crippen LogP contribution in [-0.4, -0.2) is 25.0 Å². The van der Waals surface area contributed by atoms with Crippen LogP contribution in [0.15, 0.2) is 36.4 Å². The van der Waals surface area contributed by atoms with Gasteiger partial charge in [-0.3, -0.25) is 0 Å². The Morgan fingerprint density at radius 2 is 1.79 bits per heavy atom. The van der Waals surface area contributed by atoms with Crippen molar-refractivity contribution in [3.63, 3.8) is 0 Å². The van der Waals surface area contributed by atoms with Gasteiger partial charge in [-0.15, -0.1) is 0 Å². The number of allylic oxidation sites excluding steroid dienone is 1. The summed E-state index contributed by atoms with van der Waals surface area (Å²) in [5, 5.41) is 0. The van der Waals surface area contributed by atoms with E-state index in [0.717, 1.165) is 0 Å². The molecule has 0 bridgehead atoms. The Morgan fingerprint density at radius 3 is 2.37 bits per heavy atom. The smallest absolute Gasteiger partial charge is 0.346 e. The van der Waals surface area contributed by atoms with E-state index in [-0.39, 0.29) is 11.1 Å². The maximum Gasteiger partial charge on any atom is 0.346 e. The van der Waals surface area contributed by atoms with Gasteiger partial charge in [0.15, 0.2) is 0 Å². The molecule has 0 aromatic heterocycles. The predicted octanol–water partition coefficient (Wildman–Crippen LogP) is 2.12. The molecule has 19 heavy (non-hydrogen) atoms. The lowest BCUT2D eigenvalue weighted by molar-refractivity contribution is -0.132. The van der Waals surface area contributed by atoms with Crippen LogP contribution in [0.25, 0.3) is 0 Å². The number of carbonyl (C=O) groups excluding carboxylic acids is 3. The molecule has 5 nitrogen and oxygen atoms in total. The first-order chi connectivity index (χ1) is 9.08. The second-order valence-corrected chi connectivity index (χ2v) is 3.59. The Morgan fingerprint density at radius 1 is 1.16 bits per heavy atom. The molecule has 0 amide bonds. The molecular weight excluding hydrogens is 248 g/mol. The number of methoxy groups -OCH3 is 1. The van der Waals surface area contributed by atoms with E-state index in [1.807, 2.05) is 6.92 Å². The molecule has 0 spiro atoms. The topological polar surface area (TPSA) is 69.7 Å². The van der Waals surface area contributed by atoms with Crippen LogP contribution >= 0.6 is 0 Å². The SMILES string of the molecule is CCC=CC(=O)OC(=O)c1cccc(C(=O)OC)c1. The first-order valence-corrected chi connectivity index (χ1v) is 5.69. The van der Waals surface area contributed by atoms with E-state index in [9.17, 15) is 14.4 Å². The second kappa shape index (κ2) is 7.10. The minimum Gasteiger partial charge on any atom is -0.465 e. The molecule has 0 unspecified atom stereocenters. The molecule has 1 aromatic rings. The summed E-state index contributed by atoms with van der Waals surface area (Å²) in [6.07, 6.45) is 3.43. The van der Waals surface area contributed by atoms with Crippen LogP contribution in [0.4, 0.5) is 0 Å². The van der Waals surface area contributed by atoms with Crippen LogP contribution in [0.2, 0.25) is 0 Å². The molecule has 1 rings (SSSR count). The van der Waals surface area contributed by atoms with E-state index < -0.39 is 17.9 Å². The highest BCUT2D eigenvalue weighted by atomic mass is 16.6. The molecule has 0 fully saturated rings. The minimum atomic E-state index is -0.809. The molecule has 5 heteroatoms. The summed E-state index contributed by atoms with van der Waals surface area (Å²) in [6.45, 7) is 1.85. The van der Waals surface area contributed by atoms with Gasteiger partial charge in [-0.25, -0.2) is 14.4 Å². The van der Waals surface area contributed by atoms with E-state index in [2.05, 4.69) is 9.47 Å². The molecule has 0 aliphatic heterocycles. The van der Waals surface area contributed by atoms with Gasteiger partial charge in [0.1, 0.15) is 0 Å². The fourth-order valence-electron chi connectivity index (χ4n) is 1.29. The molecule has 0 atom stereocenters. The van der Waals surface area contributed by atoms with E-state index in [1.165, 1.54) is 37.5 Å². The molecule has 0 saturated carbocycles. The summed E-state index contributed by atoms with van der Waals surface area (Å²) < 4.78 is 9.13. The highest BCUT2D eigenvalue weighted by molar-refractivity contribution is 6.01. The Balaban J connectivity index is 2.80. The zero-order valence-electron chi connectivity index (χ0n) is 10.7. The molecule has 0 saturated heterocycles. The summed E-state index contributed by atoms with van der Waals surface area (Å²) in [5.74, 6) is -2.11. The zero-order chi connectivity index (χ0) is 14.3. The number of benzene rings is 1. The average Bonchev–Trinajstić information content (AvgIpc) is 2.44. The lowest BCUT2D eigenvalue weighted by Gasteiger charge is -2.03. The number of ether oxygens (including phenoxy) is 2. The van der Waals surface area contributed by atoms with Crippen molar-refractivity contribution in [2.24, 2.45) is 0 Å². The second-order valence-electron chi connectivity index (χ2n) is 3.59. The molecule has 0 aliphatic rings. The molecule has 100 valence electrons. The number of hydrogen-bond donors (Lipinski definition) is 0. The van der Waals surface area contributed by atoms with Crippen LogP contribution in [-0.2, 0) is 14.3 Å². The average molecular weight is 262 g/mol. The third-order valence-corrected chi connectivity index (χ3v) is 2.20. The van der Waals surface area contributed by atoms with Crippen molar-refractivity contribution >= 4 is 17.9 Å². The standard InChI is InChI=1S/C14H14O5/c1-3-4-8-12(15)19-14(17)11-7-5-6-10(9-11)13(16)18-2/h4-9H,3H2,1-2H3. The summed E-state index contributed by atoms with van der Waals surface area (Å²) in [5.41, 5.74) is 0.328. The Kier molecular flexibility index (Phi) is 5.47. The van der Waals surface area contributed by atoms with E-state index in [4.69, 9.17) is 0 Å². The van der Waals surface area contributed by atoms with Crippen molar-refractivity contribution < 1.29 is 23.9 Å². The summed E-state index contributed by atoms with van der Waals surface area (Å²) in [6, 6.07) is 5.77. The number of esters is 3. The van der Waals surface area contributed by atoms with Gasteiger partial charge in [0, 0.05) is 6.08 Å². The fraction of sp³-hybridized carbons (Fsp3) is 0.214. The summed E-state index contributed by atoms with van der Waals surface area (Å²) in [4.78, 5) is 34.2. The van der Waals surface area contributed by atoms with Crippen LogP contribution in [0, 0.1) is 0 Å². The largest absolute Gasteiger partial charge is 0.465 e. The lowest BCUT2D eigenvalue weighted by atomic mass is 10.1.